The van der Waals surface area contributed by atoms with Gasteiger partial charge >= 0.3 is 31.5 Å². The van der Waals surface area contributed by atoms with E-state index in [0.29, 0.717) is 5.56 Å². The second kappa shape index (κ2) is 16.7. The van der Waals surface area contributed by atoms with Crippen molar-refractivity contribution >= 4 is 25.8 Å². The molecule has 1 fully saturated rings. The van der Waals surface area contributed by atoms with Crippen LogP contribution in [0.4, 0.5) is 9.18 Å². The van der Waals surface area contributed by atoms with Crippen molar-refractivity contribution in [2.45, 2.75) is 70.6 Å². The van der Waals surface area contributed by atoms with Gasteiger partial charge < -0.3 is 28.8 Å². The summed E-state index contributed by atoms with van der Waals surface area (Å²) in [4.78, 5) is 63.9. The van der Waals surface area contributed by atoms with E-state index in [1.807, 2.05) is 4.98 Å². The van der Waals surface area contributed by atoms with Crippen LogP contribution in [0.2, 0.25) is 0 Å². The molecule has 2 aromatic carbocycles. The molecule has 2 heterocycles. The molecular weight excluding hydrogens is 682 g/mol. The van der Waals surface area contributed by atoms with Gasteiger partial charge in [0.1, 0.15) is 31.0 Å². The van der Waals surface area contributed by atoms with Crippen LogP contribution in [0.25, 0.3) is 0 Å². The number of nitrogens with zero attached hydrogens (tertiary/aromatic N) is 1. The molecule has 0 radical (unpaired) electrons. The third kappa shape index (κ3) is 10.3. The van der Waals surface area contributed by atoms with Crippen molar-refractivity contribution in [2.24, 2.45) is 0 Å². The molecule has 1 saturated heterocycles. The molecule has 50 heavy (non-hydrogen) atoms. The molecule has 6 atom stereocenters. The molecule has 0 spiro atoms. The van der Waals surface area contributed by atoms with Crippen molar-refractivity contribution in [2.75, 3.05) is 13.2 Å². The minimum absolute atomic E-state index is 0.0807. The van der Waals surface area contributed by atoms with Gasteiger partial charge in [0.05, 0.1) is 12.7 Å². The summed E-state index contributed by atoms with van der Waals surface area (Å²) in [5, 5.41) is 4.70. The lowest BCUT2D eigenvalue weighted by atomic mass is 9.98. The first-order valence-electron chi connectivity index (χ1n) is 15.4. The number of hydrogen-bond donors (Lipinski definition) is 3. The Morgan fingerprint density at radius 2 is 1.70 bits per heavy atom. The molecule has 16 nitrogen and oxygen atoms in total. The highest BCUT2D eigenvalue weighted by Gasteiger charge is 2.58. The molecule has 3 aromatic rings. The quantitative estimate of drug-likeness (QED) is 0.118. The largest absolute Gasteiger partial charge is 0.462 e. The number of halogens is 1. The zero-order valence-electron chi connectivity index (χ0n) is 27.6. The average molecular weight is 721 g/mol. The number of aromatic amines is 1. The minimum atomic E-state index is -4.50. The Morgan fingerprint density at radius 1 is 1.04 bits per heavy atom. The number of carbonyl (C=O) groups excluding carboxylic acids is 3. The monoisotopic (exact) mass is 720 g/mol. The number of esters is 2. The van der Waals surface area contributed by atoms with E-state index in [1.165, 1.54) is 19.1 Å². The topological polar surface area (TPSA) is 203 Å². The summed E-state index contributed by atoms with van der Waals surface area (Å²) in [5.41, 5.74) is -3.76. The number of hydrogen-bond acceptors (Lipinski definition) is 12. The van der Waals surface area contributed by atoms with Crippen LogP contribution in [0, 0.1) is 0 Å². The van der Waals surface area contributed by atoms with E-state index < -0.39 is 86.4 Å². The lowest BCUT2D eigenvalue weighted by Crippen LogP contribution is -2.47. The maximum atomic E-state index is 16.6. The first-order valence-corrected chi connectivity index (χ1v) is 17.0. The van der Waals surface area contributed by atoms with E-state index in [-0.39, 0.29) is 12.4 Å². The zero-order chi connectivity index (χ0) is 36.5. The number of alkyl halides is 1. The Kier molecular flexibility index (Phi) is 12.7. The maximum Gasteiger partial charge on any atom is 0.459 e. The molecule has 0 aliphatic carbocycles. The summed E-state index contributed by atoms with van der Waals surface area (Å²) in [6.07, 6.45) is -5.64. The smallest absolute Gasteiger partial charge is 0.459 e. The fourth-order valence-electron chi connectivity index (χ4n) is 4.75. The maximum absolute atomic E-state index is 16.6. The highest BCUT2D eigenvalue weighted by atomic mass is 31.2. The Balaban J connectivity index is 1.54. The van der Waals surface area contributed by atoms with Gasteiger partial charge in [0, 0.05) is 12.3 Å². The number of amides is 1. The highest BCUT2D eigenvalue weighted by Crippen LogP contribution is 2.48. The number of alkyl carbamates (subject to hydrolysis) is 1. The van der Waals surface area contributed by atoms with Crippen LogP contribution in [-0.4, -0.2) is 70.8 Å². The van der Waals surface area contributed by atoms with Gasteiger partial charge in [-0.15, -0.1) is 0 Å². The third-order valence-corrected chi connectivity index (χ3v) is 8.71. The number of benzene rings is 2. The minimum Gasteiger partial charge on any atom is -0.462 e. The fourth-order valence-corrected chi connectivity index (χ4v) is 6.25. The first kappa shape index (κ1) is 38.0. The molecule has 18 heteroatoms. The number of ether oxygens (including phenoxy) is 4. The van der Waals surface area contributed by atoms with E-state index >= 15 is 4.39 Å². The van der Waals surface area contributed by atoms with Crippen LogP contribution < -0.4 is 26.2 Å². The summed E-state index contributed by atoms with van der Waals surface area (Å²) in [6, 6.07) is 16.3. The summed E-state index contributed by atoms with van der Waals surface area (Å²) in [6.45, 7) is 3.99. The second-order valence-electron chi connectivity index (χ2n) is 11.6. The number of H-pyrrole nitrogens is 1. The Hall–Kier alpha value is -4.83. The molecule has 3 N–H and O–H groups in total. The van der Waals surface area contributed by atoms with E-state index in [1.54, 1.807) is 62.4 Å². The van der Waals surface area contributed by atoms with Gasteiger partial charge in [-0.3, -0.25) is 28.5 Å². The van der Waals surface area contributed by atoms with Crippen LogP contribution in [0.3, 0.4) is 0 Å². The highest BCUT2D eigenvalue weighted by molar-refractivity contribution is 7.52. The van der Waals surface area contributed by atoms with Crippen molar-refractivity contribution in [3.63, 3.8) is 0 Å². The molecule has 0 bridgehead atoms. The van der Waals surface area contributed by atoms with Crippen molar-refractivity contribution < 1.29 is 51.3 Å². The van der Waals surface area contributed by atoms with E-state index in [9.17, 15) is 28.5 Å². The van der Waals surface area contributed by atoms with Crippen LogP contribution >= 0.6 is 7.75 Å². The number of aromatic nitrogens is 2. The molecule has 1 aliphatic heterocycles. The SMILES string of the molecule is CC(C)OC(=O)[C@H](C)N[P@](=O)(OC[C@H]1O[C@@H](n2ccc(=O)[nH]c2=O)[C@](C)(F)[C@@H]1OC(=O)CNC(=O)OCc1ccccc1)Oc1ccccc1. The summed E-state index contributed by atoms with van der Waals surface area (Å²) >= 11 is 0. The van der Waals surface area contributed by atoms with E-state index in [2.05, 4.69) is 10.4 Å². The first-order chi connectivity index (χ1) is 23.7. The summed E-state index contributed by atoms with van der Waals surface area (Å²) < 4.78 is 64.2. The lowest BCUT2D eigenvalue weighted by molar-refractivity contribution is -0.157. The molecule has 1 aromatic heterocycles. The van der Waals surface area contributed by atoms with Crippen LogP contribution in [0.15, 0.2) is 82.5 Å². The molecule has 1 amide bonds. The normalized spacial score (nSPS) is 21.8. The average Bonchev–Trinajstić information content (AvgIpc) is 3.30. The molecule has 1 aliphatic rings. The van der Waals surface area contributed by atoms with Gasteiger partial charge in [-0.2, -0.15) is 5.09 Å². The Labute approximate surface area is 285 Å². The van der Waals surface area contributed by atoms with Gasteiger partial charge in [-0.25, -0.2) is 18.5 Å². The fraction of sp³-hybridized carbons (Fsp3) is 0.406. The predicted molar refractivity (Wildman–Crippen MR) is 174 cm³/mol. The molecule has 270 valence electrons. The van der Waals surface area contributed by atoms with Crippen molar-refractivity contribution in [3.8, 4) is 5.75 Å². The molecule has 0 saturated carbocycles. The predicted octanol–water partition coefficient (Wildman–Crippen LogP) is 3.13. The van der Waals surface area contributed by atoms with E-state index in [0.717, 1.165) is 23.8 Å². The van der Waals surface area contributed by atoms with Gasteiger partial charge in [0.25, 0.3) is 5.56 Å². The summed E-state index contributed by atoms with van der Waals surface area (Å²) in [7, 11) is -4.50. The number of nitrogens with one attached hydrogen (secondary N) is 3. The zero-order valence-corrected chi connectivity index (χ0v) is 28.5. The number of rotatable bonds is 15. The molecule has 0 unspecified atom stereocenters. The van der Waals surface area contributed by atoms with Gasteiger partial charge in [0.2, 0.25) is 0 Å². The Morgan fingerprint density at radius 3 is 2.34 bits per heavy atom. The lowest BCUT2D eigenvalue weighted by Gasteiger charge is -2.28. The standard InChI is InChI=1S/C32H38FN4O12P/c1-20(2)46-28(40)21(3)36-50(43,49-23-13-9-6-10-14-23)45-19-24-27(32(4,33)29(47-24)37-16-15-25(38)35-30(37)41)48-26(39)17-34-31(42)44-18-22-11-7-5-8-12-22/h5-16,20-21,24,27,29H,17-19H2,1-4H3,(H,34,42)(H,36,43)(H,35,38,41)/t21-,24+,27+,29+,32+,50-/m0/s1. The van der Waals surface area contributed by atoms with Crippen molar-refractivity contribution in [3.05, 3.63) is 99.3 Å². The molecule has 4 rings (SSSR count). The van der Waals surface area contributed by atoms with Crippen LogP contribution in [0.1, 0.15) is 39.5 Å². The van der Waals surface area contributed by atoms with Gasteiger partial charge in [0.15, 0.2) is 18.0 Å². The number of carbonyl (C=O) groups is 3. The number of para-hydroxylation sites is 1. The van der Waals surface area contributed by atoms with Gasteiger partial charge in [-0.05, 0) is 45.4 Å². The van der Waals surface area contributed by atoms with Crippen LogP contribution in [0.5, 0.6) is 5.75 Å². The van der Waals surface area contributed by atoms with Crippen molar-refractivity contribution in [1.82, 2.24) is 20.0 Å². The second-order valence-corrected chi connectivity index (χ2v) is 13.2. The molecular formula is C32H38FN4O12P. The Bertz CT molecular complexity index is 1790. The van der Waals surface area contributed by atoms with E-state index in [4.69, 9.17) is 28.0 Å². The third-order valence-electron chi connectivity index (χ3n) is 7.07. The van der Waals surface area contributed by atoms with Crippen LogP contribution in [-0.2, 0) is 44.2 Å². The van der Waals surface area contributed by atoms with Crippen molar-refractivity contribution in [1.29, 1.82) is 0 Å². The van der Waals surface area contributed by atoms with Gasteiger partial charge in [-0.1, -0.05) is 48.5 Å². The summed E-state index contributed by atoms with van der Waals surface area (Å²) in [5.74, 6) is -1.81.